The molecule has 0 saturated carbocycles. The Labute approximate surface area is 82.3 Å². The van der Waals surface area contributed by atoms with E-state index in [-0.39, 0.29) is 18.4 Å². The van der Waals surface area contributed by atoms with E-state index in [9.17, 15) is 4.39 Å². The number of aliphatic hydroxyl groups is 1. The van der Waals surface area contributed by atoms with Gasteiger partial charge in [-0.3, -0.25) is 0 Å². The first-order valence-electron chi connectivity index (χ1n) is 4.39. The van der Waals surface area contributed by atoms with Crippen molar-refractivity contribution in [1.29, 1.82) is 0 Å². The Kier molecular flexibility index (Phi) is 3.85. The molecule has 0 fully saturated rings. The van der Waals surface area contributed by atoms with Crippen LogP contribution in [0.5, 0.6) is 5.75 Å². The average molecular weight is 199 g/mol. The van der Waals surface area contributed by atoms with Gasteiger partial charge < -0.3 is 15.6 Å². The molecule has 0 spiro atoms. The van der Waals surface area contributed by atoms with Crippen molar-refractivity contribution in [2.24, 2.45) is 5.73 Å². The van der Waals surface area contributed by atoms with E-state index < -0.39 is 5.82 Å². The molecule has 14 heavy (non-hydrogen) atoms. The van der Waals surface area contributed by atoms with Gasteiger partial charge in [-0.15, -0.1) is 0 Å². The number of hydrogen-bond donors (Lipinski definition) is 2. The van der Waals surface area contributed by atoms with Crippen molar-refractivity contribution in [3.63, 3.8) is 0 Å². The van der Waals surface area contributed by atoms with Crippen molar-refractivity contribution in [1.82, 2.24) is 0 Å². The number of nitrogens with two attached hydrogens (primary N) is 1. The fourth-order valence-electron chi connectivity index (χ4n) is 1.22. The minimum atomic E-state index is -0.432. The molecule has 0 unspecified atom stereocenters. The van der Waals surface area contributed by atoms with Crippen molar-refractivity contribution in [3.8, 4) is 5.75 Å². The van der Waals surface area contributed by atoms with Gasteiger partial charge in [0, 0.05) is 12.6 Å². The van der Waals surface area contributed by atoms with Crippen molar-refractivity contribution >= 4 is 0 Å². The smallest absolute Gasteiger partial charge is 0.165 e. The fourth-order valence-corrected chi connectivity index (χ4v) is 1.22. The first kappa shape index (κ1) is 10.9. The largest absolute Gasteiger partial charge is 0.494 e. The normalized spacial score (nSPS) is 12.6. The van der Waals surface area contributed by atoms with Gasteiger partial charge in [-0.1, -0.05) is 6.07 Å². The van der Waals surface area contributed by atoms with Crippen LogP contribution in [0.3, 0.4) is 0 Å². The minimum Gasteiger partial charge on any atom is -0.494 e. The number of aliphatic hydroxyl groups excluding tert-OH is 1. The summed E-state index contributed by atoms with van der Waals surface area (Å²) in [6, 6.07) is 4.23. The molecule has 3 nitrogen and oxygen atoms in total. The Hall–Kier alpha value is -1.13. The van der Waals surface area contributed by atoms with E-state index in [0.29, 0.717) is 12.0 Å². The molecule has 0 amide bonds. The van der Waals surface area contributed by atoms with Crippen LogP contribution in [0.4, 0.5) is 4.39 Å². The third kappa shape index (κ3) is 2.43. The summed E-state index contributed by atoms with van der Waals surface area (Å²) >= 11 is 0. The Morgan fingerprint density at radius 3 is 2.79 bits per heavy atom. The summed E-state index contributed by atoms with van der Waals surface area (Å²) in [5.74, 6) is -0.233. The Morgan fingerprint density at radius 2 is 2.29 bits per heavy atom. The first-order chi connectivity index (χ1) is 6.69. The van der Waals surface area contributed by atoms with Crippen LogP contribution in [0.1, 0.15) is 18.0 Å². The van der Waals surface area contributed by atoms with E-state index in [1.807, 2.05) is 0 Å². The fraction of sp³-hybridized carbons (Fsp3) is 0.400. The lowest BCUT2D eigenvalue weighted by Crippen LogP contribution is -2.12. The van der Waals surface area contributed by atoms with E-state index in [1.54, 1.807) is 6.07 Å². The number of halogens is 1. The molecule has 3 N–H and O–H groups in total. The van der Waals surface area contributed by atoms with Crippen LogP contribution in [0, 0.1) is 5.82 Å². The third-order valence-electron chi connectivity index (χ3n) is 2.04. The number of methoxy groups -OCH3 is 1. The van der Waals surface area contributed by atoms with Crippen LogP contribution >= 0.6 is 0 Å². The lowest BCUT2D eigenvalue weighted by atomic mass is 10.0. The standard InChI is InChI=1S/C10H14FNO2/c1-14-10-3-2-7(6-8(10)11)9(12)4-5-13/h2-3,6,9,13H,4-5,12H2,1H3/t9-/m0/s1. The highest BCUT2D eigenvalue weighted by Crippen LogP contribution is 2.21. The first-order valence-corrected chi connectivity index (χ1v) is 4.39. The zero-order chi connectivity index (χ0) is 10.6. The third-order valence-corrected chi connectivity index (χ3v) is 2.04. The topological polar surface area (TPSA) is 55.5 Å². The van der Waals surface area contributed by atoms with E-state index >= 15 is 0 Å². The summed E-state index contributed by atoms with van der Waals surface area (Å²) in [4.78, 5) is 0. The molecule has 0 aromatic heterocycles. The molecule has 0 aliphatic rings. The summed E-state index contributed by atoms with van der Waals surface area (Å²) in [5, 5.41) is 8.67. The second-order valence-corrected chi connectivity index (χ2v) is 3.01. The molecule has 78 valence electrons. The van der Waals surface area contributed by atoms with Gasteiger partial charge >= 0.3 is 0 Å². The molecule has 0 aliphatic heterocycles. The Balaban J connectivity index is 2.85. The van der Waals surface area contributed by atoms with Gasteiger partial charge in [0.05, 0.1) is 7.11 Å². The van der Waals surface area contributed by atoms with Crippen LogP contribution in [-0.2, 0) is 0 Å². The lowest BCUT2D eigenvalue weighted by Gasteiger charge is -2.11. The lowest BCUT2D eigenvalue weighted by molar-refractivity contribution is 0.276. The average Bonchev–Trinajstić information content (AvgIpc) is 2.18. The molecule has 0 heterocycles. The molecule has 0 bridgehead atoms. The summed E-state index contributed by atoms with van der Waals surface area (Å²) in [7, 11) is 1.41. The van der Waals surface area contributed by atoms with Gasteiger partial charge in [0.1, 0.15) is 0 Å². The molecular weight excluding hydrogens is 185 g/mol. The highest BCUT2D eigenvalue weighted by molar-refractivity contribution is 5.30. The van der Waals surface area contributed by atoms with Crippen molar-refractivity contribution < 1.29 is 14.2 Å². The molecular formula is C10H14FNO2. The van der Waals surface area contributed by atoms with E-state index in [1.165, 1.54) is 19.2 Å². The van der Waals surface area contributed by atoms with Crippen LogP contribution in [-0.4, -0.2) is 18.8 Å². The highest BCUT2D eigenvalue weighted by Gasteiger charge is 2.09. The van der Waals surface area contributed by atoms with Gasteiger partial charge in [0.2, 0.25) is 0 Å². The number of ether oxygens (including phenoxy) is 1. The summed E-state index contributed by atoms with van der Waals surface area (Å²) in [5.41, 5.74) is 6.36. The molecule has 1 atom stereocenters. The molecule has 0 aliphatic carbocycles. The molecule has 1 aromatic rings. The molecule has 1 rings (SSSR count). The maximum Gasteiger partial charge on any atom is 0.165 e. The Bertz CT molecular complexity index is 304. The van der Waals surface area contributed by atoms with Gasteiger partial charge in [-0.25, -0.2) is 4.39 Å². The molecule has 0 radical (unpaired) electrons. The maximum atomic E-state index is 13.2. The van der Waals surface area contributed by atoms with E-state index in [4.69, 9.17) is 15.6 Å². The van der Waals surface area contributed by atoms with Crippen molar-refractivity contribution in [3.05, 3.63) is 29.6 Å². The van der Waals surface area contributed by atoms with E-state index in [0.717, 1.165) is 0 Å². The minimum absolute atomic E-state index is 0.00514. The Morgan fingerprint density at radius 1 is 1.57 bits per heavy atom. The monoisotopic (exact) mass is 199 g/mol. The van der Waals surface area contributed by atoms with Crippen LogP contribution in [0.25, 0.3) is 0 Å². The van der Waals surface area contributed by atoms with Gasteiger partial charge in [-0.2, -0.15) is 0 Å². The van der Waals surface area contributed by atoms with Crippen molar-refractivity contribution in [2.45, 2.75) is 12.5 Å². The SMILES string of the molecule is COc1ccc([C@@H](N)CCO)cc1F. The summed E-state index contributed by atoms with van der Waals surface area (Å²) in [6.07, 6.45) is 0.422. The maximum absolute atomic E-state index is 13.2. The zero-order valence-electron chi connectivity index (χ0n) is 8.03. The number of rotatable bonds is 4. The summed E-state index contributed by atoms with van der Waals surface area (Å²) < 4.78 is 18.0. The zero-order valence-corrected chi connectivity index (χ0v) is 8.03. The quantitative estimate of drug-likeness (QED) is 0.766. The van der Waals surface area contributed by atoms with Crippen LogP contribution in [0.2, 0.25) is 0 Å². The van der Waals surface area contributed by atoms with Crippen molar-refractivity contribution in [2.75, 3.05) is 13.7 Å². The van der Waals surface area contributed by atoms with E-state index in [2.05, 4.69) is 0 Å². The van der Waals surface area contributed by atoms with Gasteiger partial charge in [-0.05, 0) is 24.1 Å². The van der Waals surface area contributed by atoms with Crippen LogP contribution < -0.4 is 10.5 Å². The number of benzene rings is 1. The second-order valence-electron chi connectivity index (χ2n) is 3.01. The molecule has 1 aromatic carbocycles. The predicted molar refractivity (Wildman–Crippen MR) is 51.6 cm³/mol. The molecule has 0 saturated heterocycles. The highest BCUT2D eigenvalue weighted by atomic mass is 19.1. The predicted octanol–water partition coefficient (Wildman–Crippen LogP) is 1.22. The number of hydrogen-bond acceptors (Lipinski definition) is 3. The summed E-state index contributed by atoms with van der Waals surface area (Å²) in [6.45, 7) is -0.00514. The van der Waals surface area contributed by atoms with Gasteiger partial charge in [0.25, 0.3) is 0 Å². The second kappa shape index (κ2) is 4.93. The van der Waals surface area contributed by atoms with Crippen LogP contribution in [0.15, 0.2) is 18.2 Å². The molecule has 4 heteroatoms. The van der Waals surface area contributed by atoms with Gasteiger partial charge in [0.15, 0.2) is 11.6 Å².